The fourth-order valence-corrected chi connectivity index (χ4v) is 2.01. The highest BCUT2D eigenvalue weighted by Crippen LogP contribution is 2.19. The average Bonchev–Trinajstić information content (AvgIpc) is 2.89. The summed E-state index contributed by atoms with van der Waals surface area (Å²) in [6.45, 7) is 3.62. The van der Waals surface area contributed by atoms with Crippen LogP contribution >= 0.6 is 0 Å². The molecule has 1 saturated heterocycles. The van der Waals surface area contributed by atoms with Crippen molar-refractivity contribution < 1.29 is 9.47 Å². The summed E-state index contributed by atoms with van der Waals surface area (Å²) in [6.07, 6.45) is 3.49. The lowest BCUT2D eigenvalue weighted by Gasteiger charge is -2.13. The molecule has 1 heterocycles. The molecule has 0 spiro atoms. The van der Waals surface area contributed by atoms with Crippen LogP contribution in [0.5, 0.6) is 5.75 Å². The number of ether oxygens (including phenoxy) is 2. The van der Waals surface area contributed by atoms with Gasteiger partial charge in [-0.25, -0.2) is 0 Å². The van der Waals surface area contributed by atoms with Gasteiger partial charge in [-0.2, -0.15) is 0 Å². The standard InChI is InChI=1S/C14H21NO2/c1-2-14(15)11-5-7-12(8-6-11)17-10-13-4-3-9-16-13/h5-8,13-14H,2-4,9-10,15H2,1H3/t13?,14-/m1/s1. The summed E-state index contributed by atoms with van der Waals surface area (Å²) in [5.41, 5.74) is 7.12. The number of hydrogen-bond donors (Lipinski definition) is 1. The van der Waals surface area contributed by atoms with Crippen molar-refractivity contribution in [1.29, 1.82) is 0 Å². The molecule has 0 aromatic heterocycles. The zero-order valence-electron chi connectivity index (χ0n) is 10.4. The van der Waals surface area contributed by atoms with Crippen molar-refractivity contribution in [2.45, 2.75) is 38.3 Å². The fourth-order valence-electron chi connectivity index (χ4n) is 2.01. The van der Waals surface area contributed by atoms with Crippen LogP contribution in [0.15, 0.2) is 24.3 Å². The molecule has 0 bridgehead atoms. The van der Waals surface area contributed by atoms with E-state index in [-0.39, 0.29) is 12.1 Å². The predicted molar refractivity (Wildman–Crippen MR) is 68.1 cm³/mol. The topological polar surface area (TPSA) is 44.5 Å². The van der Waals surface area contributed by atoms with Crippen molar-refractivity contribution in [3.05, 3.63) is 29.8 Å². The molecule has 1 aromatic carbocycles. The summed E-state index contributed by atoms with van der Waals surface area (Å²) in [4.78, 5) is 0. The Morgan fingerprint density at radius 1 is 1.41 bits per heavy atom. The number of benzene rings is 1. The molecule has 1 aliphatic rings. The van der Waals surface area contributed by atoms with Gasteiger partial charge in [0.2, 0.25) is 0 Å². The lowest BCUT2D eigenvalue weighted by Crippen LogP contribution is -2.16. The molecule has 1 aromatic rings. The van der Waals surface area contributed by atoms with E-state index in [1.165, 1.54) is 0 Å². The zero-order chi connectivity index (χ0) is 12.1. The molecule has 17 heavy (non-hydrogen) atoms. The van der Waals surface area contributed by atoms with Crippen LogP contribution in [-0.2, 0) is 4.74 Å². The van der Waals surface area contributed by atoms with Crippen molar-refractivity contribution in [2.24, 2.45) is 5.73 Å². The summed E-state index contributed by atoms with van der Waals surface area (Å²) < 4.78 is 11.2. The highest BCUT2D eigenvalue weighted by Gasteiger charge is 2.15. The molecule has 1 unspecified atom stereocenters. The highest BCUT2D eigenvalue weighted by molar-refractivity contribution is 5.29. The summed E-state index contributed by atoms with van der Waals surface area (Å²) >= 11 is 0. The molecular formula is C14H21NO2. The third kappa shape index (κ3) is 3.45. The van der Waals surface area contributed by atoms with Crippen molar-refractivity contribution in [2.75, 3.05) is 13.2 Å². The summed E-state index contributed by atoms with van der Waals surface area (Å²) in [7, 11) is 0. The van der Waals surface area contributed by atoms with Crippen LogP contribution in [0, 0.1) is 0 Å². The third-order valence-electron chi connectivity index (χ3n) is 3.21. The van der Waals surface area contributed by atoms with Gasteiger partial charge in [-0.1, -0.05) is 19.1 Å². The lowest BCUT2D eigenvalue weighted by molar-refractivity contribution is 0.0679. The van der Waals surface area contributed by atoms with E-state index in [9.17, 15) is 0 Å². The Balaban J connectivity index is 1.84. The summed E-state index contributed by atoms with van der Waals surface area (Å²) in [6, 6.07) is 8.18. The first-order valence-electron chi connectivity index (χ1n) is 6.39. The van der Waals surface area contributed by atoms with Crippen LogP contribution < -0.4 is 10.5 Å². The predicted octanol–water partition coefficient (Wildman–Crippen LogP) is 2.65. The van der Waals surface area contributed by atoms with Crippen LogP contribution in [0.2, 0.25) is 0 Å². The second-order valence-corrected chi connectivity index (χ2v) is 4.53. The van der Waals surface area contributed by atoms with Crippen LogP contribution in [-0.4, -0.2) is 19.3 Å². The van der Waals surface area contributed by atoms with Gasteiger partial charge in [0, 0.05) is 12.6 Å². The largest absolute Gasteiger partial charge is 0.491 e. The SMILES string of the molecule is CC[C@@H](N)c1ccc(OCC2CCCO2)cc1. The Hall–Kier alpha value is -1.06. The molecular weight excluding hydrogens is 214 g/mol. The molecule has 94 valence electrons. The normalized spacial score (nSPS) is 21.4. The van der Waals surface area contributed by atoms with Gasteiger partial charge in [-0.15, -0.1) is 0 Å². The van der Waals surface area contributed by atoms with Gasteiger partial charge < -0.3 is 15.2 Å². The van der Waals surface area contributed by atoms with Crippen molar-refractivity contribution in [3.63, 3.8) is 0 Å². The molecule has 1 aliphatic heterocycles. The molecule has 0 radical (unpaired) electrons. The van der Waals surface area contributed by atoms with E-state index < -0.39 is 0 Å². The first-order valence-corrected chi connectivity index (χ1v) is 6.39. The van der Waals surface area contributed by atoms with Crippen molar-refractivity contribution in [1.82, 2.24) is 0 Å². The quantitative estimate of drug-likeness (QED) is 0.853. The Kier molecular flexibility index (Phi) is 4.40. The zero-order valence-corrected chi connectivity index (χ0v) is 10.4. The molecule has 0 amide bonds. The highest BCUT2D eigenvalue weighted by atomic mass is 16.5. The molecule has 3 nitrogen and oxygen atoms in total. The minimum atomic E-state index is 0.127. The van der Waals surface area contributed by atoms with Crippen molar-refractivity contribution >= 4 is 0 Å². The van der Waals surface area contributed by atoms with E-state index in [1.54, 1.807) is 0 Å². The maximum absolute atomic E-state index is 5.96. The van der Waals surface area contributed by atoms with Crippen molar-refractivity contribution in [3.8, 4) is 5.75 Å². The molecule has 0 aliphatic carbocycles. The Morgan fingerprint density at radius 3 is 2.76 bits per heavy atom. The number of rotatable bonds is 5. The van der Waals surface area contributed by atoms with Gasteiger partial charge in [0.1, 0.15) is 12.4 Å². The molecule has 1 fully saturated rings. The van der Waals surface area contributed by atoms with E-state index in [0.717, 1.165) is 37.2 Å². The van der Waals surface area contributed by atoms with Crippen LogP contribution in [0.1, 0.15) is 37.8 Å². The fraction of sp³-hybridized carbons (Fsp3) is 0.571. The maximum Gasteiger partial charge on any atom is 0.119 e. The Labute approximate surface area is 103 Å². The van der Waals surface area contributed by atoms with E-state index in [4.69, 9.17) is 15.2 Å². The lowest BCUT2D eigenvalue weighted by atomic mass is 10.1. The second-order valence-electron chi connectivity index (χ2n) is 4.53. The number of nitrogens with two attached hydrogens (primary N) is 1. The second kappa shape index (κ2) is 6.03. The molecule has 2 N–H and O–H groups in total. The van der Waals surface area contributed by atoms with Gasteiger partial charge in [-0.3, -0.25) is 0 Å². The van der Waals surface area contributed by atoms with E-state index in [0.29, 0.717) is 6.61 Å². The van der Waals surface area contributed by atoms with Gasteiger partial charge in [-0.05, 0) is 37.0 Å². The first-order chi connectivity index (χ1) is 8.29. The molecule has 2 atom stereocenters. The number of hydrogen-bond acceptors (Lipinski definition) is 3. The smallest absolute Gasteiger partial charge is 0.119 e. The Bertz CT molecular complexity index is 331. The Morgan fingerprint density at radius 2 is 2.18 bits per heavy atom. The van der Waals surface area contributed by atoms with E-state index in [1.807, 2.05) is 24.3 Å². The van der Waals surface area contributed by atoms with Gasteiger partial charge in [0.05, 0.1) is 6.10 Å². The average molecular weight is 235 g/mol. The van der Waals surface area contributed by atoms with Crippen LogP contribution in [0.3, 0.4) is 0 Å². The van der Waals surface area contributed by atoms with Crippen LogP contribution in [0.4, 0.5) is 0 Å². The molecule has 0 saturated carbocycles. The van der Waals surface area contributed by atoms with E-state index >= 15 is 0 Å². The third-order valence-corrected chi connectivity index (χ3v) is 3.21. The summed E-state index contributed by atoms with van der Waals surface area (Å²) in [5, 5.41) is 0. The van der Waals surface area contributed by atoms with Gasteiger partial charge in [0.15, 0.2) is 0 Å². The van der Waals surface area contributed by atoms with Crippen LogP contribution in [0.25, 0.3) is 0 Å². The maximum atomic E-state index is 5.96. The molecule has 3 heteroatoms. The van der Waals surface area contributed by atoms with Gasteiger partial charge in [0.25, 0.3) is 0 Å². The first kappa shape index (κ1) is 12.4. The summed E-state index contributed by atoms with van der Waals surface area (Å²) in [5.74, 6) is 0.896. The minimum Gasteiger partial charge on any atom is -0.491 e. The van der Waals surface area contributed by atoms with Gasteiger partial charge >= 0.3 is 0 Å². The van der Waals surface area contributed by atoms with E-state index in [2.05, 4.69) is 6.92 Å². The minimum absolute atomic E-state index is 0.127. The monoisotopic (exact) mass is 235 g/mol. The molecule has 2 rings (SSSR count).